The molecule has 0 unspecified atom stereocenters. The van der Waals surface area contributed by atoms with Crippen LogP contribution in [0.4, 0.5) is 0 Å². The van der Waals surface area contributed by atoms with Crippen molar-refractivity contribution in [3.8, 4) is 0 Å². The van der Waals surface area contributed by atoms with Gasteiger partial charge in [-0.3, -0.25) is 9.59 Å². The Balaban J connectivity index is 1.84. The molecule has 0 bridgehead atoms. The van der Waals surface area contributed by atoms with E-state index in [1.165, 1.54) is 24.5 Å². The van der Waals surface area contributed by atoms with Crippen LogP contribution in [0.2, 0.25) is 0 Å². The Labute approximate surface area is 133 Å². The van der Waals surface area contributed by atoms with Crippen LogP contribution >= 0.6 is 0 Å². The molecule has 1 aliphatic heterocycles. The van der Waals surface area contributed by atoms with Gasteiger partial charge in [0, 0.05) is 31.6 Å². The zero-order valence-corrected chi connectivity index (χ0v) is 12.5. The Morgan fingerprint density at radius 3 is 2.61 bits per heavy atom. The summed E-state index contributed by atoms with van der Waals surface area (Å²) in [5, 5.41) is 13.9. The van der Waals surface area contributed by atoms with Crippen LogP contribution in [0, 0.1) is 5.21 Å². The molecule has 2 aromatic rings. The lowest BCUT2D eigenvalue weighted by atomic mass is 10.0. The molecule has 6 heteroatoms. The third kappa shape index (κ3) is 3.31. The molecule has 118 valence electrons. The summed E-state index contributed by atoms with van der Waals surface area (Å²) in [7, 11) is 0. The molecule has 23 heavy (non-hydrogen) atoms. The van der Waals surface area contributed by atoms with Gasteiger partial charge >= 0.3 is 0 Å². The van der Waals surface area contributed by atoms with Crippen LogP contribution in [0.25, 0.3) is 0 Å². The van der Waals surface area contributed by atoms with Crippen LogP contribution in [0.15, 0.2) is 54.9 Å². The number of benzene rings is 1. The van der Waals surface area contributed by atoms with Crippen molar-refractivity contribution in [2.24, 2.45) is 0 Å². The summed E-state index contributed by atoms with van der Waals surface area (Å²) in [5.74, 6) is -0.385. The van der Waals surface area contributed by atoms with Crippen LogP contribution in [-0.2, 0) is 11.2 Å². The van der Waals surface area contributed by atoms with Crippen molar-refractivity contribution in [3.63, 3.8) is 0 Å². The molecule has 0 spiro atoms. The van der Waals surface area contributed by atoms with Crippen molar-refractivity contribution in [1.82, 2.24) is 10.2 Å². The second-order valence-corrected chi connectivity index (χ2v) is 5.44. The number of aromatic nitrogens is 1. The maximum atomic E-state index is 12.7. The molecule has 1 N–H and O–H groups in total. The van der Waals surface area contributed by atoms with Gasteiger partial charge in [0.15, 0.2) is 12.4 Å². The number of carbonyl (C=O) groups is 2. The van der Waals surface area contributed by atoms with E-state index >= 15 is 0 Å². The highest BCUT2D eigenvalue weighted by molar-refractivity contribution is 5.98. The van der Waals surface area contributed by atoms with Gasteiger partial charge in [-0.2, -0.15) is 4.73 Å². The molecule has 2 heterocycles. The average Bonchev–Trinajstić information content (AvgIpc) is 2.58. The number of rotatable bonds is 3. The van der Waals surface area contributed by atoms with Gasteiger partial charge in [0.2, 0.25) is 5.91 Å². The van der Waals surface area contributed by atoms with Crippen molar-refractivity contribution >= 4 is 11.8 Å². The van der Waals surface area contributed by atoms with Crippen molar-refractivity contribution in [2.75, 3.05) is 13.1 Å². The van der Waals surface area contributed by atoms with Crippen LogP contribution in [0.3, 0.4) is 0 Å². The highest BCUT2D eigenvalue weighted by Crippen LogP contribution is 2.15. The first-order valence-corrected chi connectivity index (χ1v) is 7.46. The van der Waals surface area contributed by atoms with Gasteiger partial charge in [0.1, 0.15) is 6.04 Å². The minimum atomic E-state index is -0.543. The predicted molar refractivity (Wildman–Crippen MR) is 83.4 cm³/mol. The number of hydrogen-bond donors (Lipinski definition) is 1. The molecule has 1 fully saturated rings. The number of nitrogens with zero attached hydrogens (tertiary/aromatic N) is 2. The lowest BCUT2D eigenvalue weighted by molar-refractivity contribution is -0.605. The molecule has 3 rings (SSSR count). The second-order valence-electron chi connectivity index (χ2n) is 5.44. The van der Waals surface area contributed by atoms with Crippen LogP contribution in [0.5, 0.6) is 0 Å². The molecule has 1 saturated heterocycles. The zero-order valence-electron chi connectivity index (χ0n) is 12.5. The topological polar surface area (TPSA) is 76.4 Å². The molecule has 1 atom stereocenters. The van der Waals surface area contributed by atoms with E-state index in [-0.39, 0.29) is 11.8 Å². The summed E-state index contributed by atoms with van der Waals surface area (Å²) in [6.45, 7) is 0.887. The molecule has 1 aromatic heterocycles. The monoisotopic (exact) mass is 311 g/mol. The number of nitrogens with one attached hydrogen (secondary N) is 1. The van der Waals surface area contributed by atoms with Gasteiger partial charge in [0.05, 0.1) is 5.56 Å². The second kappa shape index (κ2) is 6.48. The summed E-state index contributed by atoms with van der Waals surface area (Å²) >= 11 is 0. The number of pyridine rings is 1. The fourth-order valence-corrected chi connectivity index (χ4v) is 2.72. The minimum Gasteiger partial charge on any atom is -0.619 e. The third-order valence-corrected chi connectivity index (χ3v) is 3.91. The maximum Gasteiger partial charge on any atom is 0.255 e. The van der Waals surface area contributed by atoms with E-state index in [1.807, 2.05) is 30.3 Å². The smallest absolute Gasteiger partial charge is 0.255 e. The van der Waals surface area contributed by atoms with Gasteiger partial charge in [-0.15, -0.1) is 0 Å². The van der Waals surface area contributed by atoms with Gasteiger partial charge in [-0.25, -0.2) is 0 Å². The molecule has 1 aromatic carbocycles. The lowest BCUT2D eigenvalue weighted by Crippen LogP contribution is -2.58. The summed E-state index contributed by atoms with van der Waals surface area (Å²) < 4.78 is 0.626. The maximum absolute atomic E-state index is 12.7. The molecule has 1 aliphatic rings. The minimum absolute atomic E-state index is 0.150. The van der Waals surface area contributed by atoms with Gasteiger partial charge in [-0.1, -0.05) is 30.3 Å². The fraction of sp³-hybridized carbons (Fsp3) is 0.235. The van der Waals surface area contributed by atoms with Crippen molar-refractivity contribution < 1.29 is 14.3 Å². The van der Waals surface area contributed by atoms with E-state index in [1.54, 1.807) is 4.90 Å². The number of hydrogen-bond acceptors (Lipinski definition) is 3. The quantitative estimate of drug-likeness (QED) is 0.662. The van der Waals surface area contributed by atoms with E-state index in [9.17, 15) is 14.8 Å². The molecule has 2 amide bonds. The van der Waals surface area contributed by atoms with E-state index in [2.05, 4.69) is 5.32 Å². The number of carbonyl (C=O) groups excluding carboxylic acids is 2. The summed E-state index contributed by atoms with van der Waals surface area (Å²) in [4.78, 5) is 26.5. The summed E-state index contributed by atoms with van der Waals surface area (Å²) in [6, 6.07) is 12.0. The Hall–Kier alpha value is -2.89. The molecule has 0 radical (unpaired) electrons. The molecule has 0 saturated carbocycles. The first kappa shape index (κ1) is 15.0. The third-order valence-electron chi connectivity index (χ3n) is 3.91. The molecular formula is C17H17N3O3. The molecule has 6 nitrogen and oxygen atoms in total. The number of piperazine rings is 1. The first-order valence-electron chi connectivity index (χ1n) is 7.46. The van der Waals surface area contributed by atoms with Crippen LogP contribution in [-0.4, -0.2) is 35.8 Å². The highest BCUT2D eigenvalue weighted by atomic mass is 16.5. The van der Waals surface area contributed by atoms with E-state index in [4.69, 9.17) is 0 Å². The summed E-state index contributed by atoms with van der Waals surface area (Å²) in [5.41, 5.74) is 1.41. The van der Waals surface area contributed by atoms with Crippen molar-refractivity contribution in [3.05, 3.63) is 71.2 Å². The van der Waals surface area contributed by atoms with Crippen LogP contribution < -0.4 is 10.0 Å². The van der Waals surface area contributed by atoms with E-state index < -0.39 is 6.04 Å². The van der Waals surface area contributed by atoms with E-state index in [0.29, 0.717) is 29.8 Å². The normalized spacial score (nSPS) is 17.7. The van der Waals surface area contributed by atoms with Gasteiger partial charge in [0.25, 0.3) is 5.91 Å². The Morgan fingerprint density at radius 2 is 1.91 bits per heavy atom. The Kier molecular flexibility index (Phi) is 4.23. The SMILES string of the molecule is O=C1NCCN(C(=O)c2cc[n+]([O-])cc2)[C@@H]1Cc1ccccc1. The predicted octanol–water partition coefficient (Wildman–Crippen LogP) is 0.503. The average molecular weight is 311 g/mol. The fourth-order valence-electron chi connectivity index (χ4n) is 2.72. The highest BCUT2D eigenvalue weighted by Gasteiger charge is 2.33. The Bertz CT molecular complexity index is 701. The largest absolute Gasteiger partial charge is 0.619 e. The Morgan fingerprint density at radius 1 is 1.22 bits per heavy atom. The van der Waals surface area contributed by atoms with Gasteiger partial charge < -0.3 is 15.4 Å². The van der Waals surface area contributed by atoms with E-state index in [0.717, 1.165) is 5.56 Å². The first-order chi connectivity index (χ1) is 11.1. The lowest BCUT2D eigenvalue weighted by Gasteiger charge is -2.35. The molecule has 0 aliphatic carbocycles. The van der Waals surface area contributed by atoms with Crippen molar-refractivity contribution in [1.29, 1.82) is 0 Å². The zero-order chi connectivity index (χ0) is 16.2. The van der Waals surface area contributed by atoms with Crippen molar-refractivity contribution in [2.45, 2.75) is 12.5 Å². The number of amides is 2. The standard InChI is InChI=1S/C17H17N3O3/c21-16-15(12-13-4-2-1-3-5-13)20(11-8-18-16)17(22)14-6-9-19(23)10-7-14/h1-7,9-10,15H,8,11-12H2,(H,18,21)/t15-/m1/s1. The van der Waals surface area contributed by atoms with Gasteiger partial charge in [-0.05, 0) is 5.56 Å². The molecular weight excluding hydrogens is 294 g/mol. The summed E-state index contributed by atoms with van der Waals surface area (Å²) in [6.07, 6.45) is 3.03. The van der Waals surface area contributed by atoms with Crippen LogP contribution in [0.1, 0.15) is 15.9 Å².